The van der Waals surface area contributed by atoms with Crippen molar-refractivity contribution in [1.29, 1.82) is 0 Å². The number of ether oxygens (including phenoxy) is 1. The van der Waals surface area contributed by atoms with E-state index in [4.69, 9.17) is 8.92 Å². The largest absolute Gasteiger partial charge is 0.469 e. The Balaban J connectivity index is 2.04. The molecule has 0 aliphatic heterocycles. The molecule has 0 fully saturated rings. The van der Waals surface area contributed by atoms with Gasteiger partial charge in [-0.3, -0.25) is 4.79 Å². The smallest absolute Gasteiger partial charge is 0.310 e. The van der Waals surface area contributed by atoms with Gasteiger partial charge in [-0.1, -0.05) is 6.07 Å². The Kier molecular flexibility index (Phi) is 5.82. The summed E-state index contributed by atoms with van der Waals surface area (Å²) in [5, 5.41) is 0. The lowest BCUT2D eigenvalue weighted by Gasteiger charge is -2.05. The summed E-state index contributed by atoms with van der Waals surface area (Å²) < 4.78 is 24.1. The van der Waals surface area contributed by atoms with Crippen molar-refractivity contribution < 1.29 is 18.1 Å². The second-order valence-electron chi connectivity index (χ2n) is 6.29. The number of carbonyl (C=O) groups is 1. The van der Waals surface area contributed by atoms with Crippen molar-refractivity contribution in [3.05, 3.63) is 70.5 Å². The highest BCUT2D eigenvalue weighted by atomic mass is 32.2. The predicted molar refractivity (Wildman–Crippen MR) is 109 cm³/mol. The topological polar surface area (TPSA) is 35.5 Å². The van der Waals surface area contributed by atoms with Gasteiger partial charge in [0.15, 0.2) is 16.1 Å². The fraction of sp³-hybridized carbons (Fsp3) is 0.227. The van der Waals surface area contributed by atoms with Gasteiger partial charge in [0.05, 0.1) is 20.6 Å². The highest BCUT2D eigenvalue weighted by Crippen LogP contribution is 2.43. The maximum absolute atomic E-state index is 13.9. The minimum Gasteiger partial charge on any atom is -0.469 e. The first kappa shape index (κ1) is 19.4. The summed E-state index contributed by atoms with van der Waals surface area (Å²) in [6, 6.07) is 12.8. The summed E-state index contributed by atoms with van der Waals surface area (Å²) >= 11 is -0.243. The molecular formula is C22H22FO3S+. The van der Waals surface area contributed by atoms with E-state index in [1.807, 2.05) is 43.5 Å². The van der Waals surface area contributed by atoms with Gasteiger partial charge in [0.1, 0.15) is 12.1 Å². The molecule has 0 N–H and O–H groups in total. The number of hydrogen-bond acceptors (Lipinski definition) is 3. The molecule has 140 valence electrons. The number of fused-ring (bicyclic) bond motifs is 1. The van der Waals surface area contributed by atoms with Crippen molar-refractivity contribution in [2.45, 2.75) is 18.2 Å². The molecule has 1 aliphatic rings. The lowest BCUT2D eigenvalue weighted by atomic mass is 10.0. The van der Waals surface area contributed by atoms with Gasteiger partial charge < -0.3 is 4.74 Å². The van der Waals surface area contributed by atoms with Gasteiger partial charge in [0.2, 0.25) is 0 Å². The number of benzene rings is 2. The lowest BCUT2D eigenvalue weighted by molar-refractivity contribution is -0.139. The molecule has 1 unspecified atom stereocenters. The van der Waals surface area contributed by atoms with Crippen molar-refractivity contribution in [2.24, 2.45) is 0 Å². The number of methoxy groups -OCH3 is 1. The third-order valence-corrected chi connectivity index (χ3v) is 6.21. The molecule has 1 atom stereocenters. The first-order valence-corrected chi connectivity index (χ1v) is 10.1. The monoisotopic (exact) mass is 385 g/mol. The summed E-state index contributed by atoms with van der Waals surface area (Å²) in [5.74, 6) is -0.600. The standard InChI is InChI=1S/C22H22FO3S/c1-14-19(11-15-5-8-17(9-6-15)27(4)26-3)21-12-16(23)7-10-18(21)20(14)13-22(24)25-2/h5-12H,13H2,1-4H3/q+1/b19-11-. The summed E-state index contributed by atoms with van der Waals surface area (Å²) in [6.45, 7) is 1.96. The molecule has 3 nitrogen and oxygen atoms in total. The second-order valence-corrected chi connectivity index (χ2v) is 8.01. The van der Waals surface area contributed by atoms with E-state index in [-0.39, 0.29) is 29.4 Å². The molecule has 0 bridgehead atoms. The first-order chi connectivity index (χ1) is 12.9. The zero-order chi connectivity index (χ0) is 19.6. The number of hydrogen-bond donors (Lipinski definition) is 0. The molecule has 2 aromatic carbocycles. The molecule has 2 aromatic rings. The Morgan fingerprint density at radius 3 is 2.44 bits per heavy atom. The van der Waals surface area contributed by atoms with Gasteiger partial charge >= 0.3 is 5.97 Å². The normalized spacial score (nSPS) is 15.8. The molecule has 0 aromatic heterocycles. The zero-order valence-corrected chi connectivity index (χ0v) is 16.7. The van der Waals surface area contributed by atoms with Gasteiger partial charge in [0.25, 0.3) is 0 Å². The van der Waals surface area contributed by atoms with Gasteiger partial charge in [-0.25, -0.2) is 4.39 Å². The molecule has 5 heteroatoms. The number of allylic oxidation sites excluding steroid dienone is 2. The molecule has 0 heterocycles. The van der Waals surface area contributed by atoms with Crippen LogP contribution in [0.15, 0.2) is 52.9 Å². The van der Waals surface area contributed by atoms with E-state index < -0.39 is 0 Å². The van der Waals surface area contributed by atoms with Crippen LogP contribution in [0.3, 0.4) is 0 Å². The molecule has 0 spiro atoms. The van der Waals surface area contributed by atoms with Crippen LogP contribution in [0.4, 0.5) is 4.39 Å². The summed E-state index contributed by atoms with van der Waals surface area (Å²) in [4.78, 5) is 12.9. The first-order valence-electron chi connectivity index (χ1n) is 8.54. The van der Waals surface area contributed by atoms with Crippen molar-refractivity contribution in [2.75, 3.05) is 20.5 Å². The van der Waals surface area contributed by atoms with Crippen molar-refractivity contribution >= 4 is 34.4 Å². The predicted octanol–water partition coefficient (Wildman–Crippen LogP) is 4.88. The minimum atomic E-state index is -0.306. The molecule has 0 saturated carbocycles. The minimum absolute atomic E-state index is 0.170. The molecule has 0 radical (unpaired) electrons. The van der Waals surface area contributed by atoms with Gasteiger partial charge in [0, 0.05) is 0 Å². The highest BCUT2D eigenvalue weighted by Gasteiger charge is 2.26. The Morgan fingerprint density at radius 1 is 1.11 bits per heavy atom. The summed E-state index contributed by atoms with van der Waals surface area (Å²) in [5.41, 5.74) is 5.49. The maximum Gasteiger partial charge on any atom is 0.310 e. The molecule has 0 saturated heterocycles. The van der Waals surface area contributed by atoms with Crippen molar-refractivity contribution in [1.82, 2.24) is 0 Å². The maximum atomic E-state index is 13.9. The fourth-order valence-electron chi connectivity index (χ4n) is 3.22. The average molecular weight is 385 g/mol. The van der Waals surface area contributed by atoms with Crippen LogP contribution in [-0.2, 0) is 24.9 Å². The van der Waals surface area contributed by atoms with Crippen LogP contribution in [-0.4, -0.2) is 26.4 Å². The van der Waals surface area contributed by atoms with Gasteiger partial charge in [-0.05, 0) is 82.8 Å². The van der Waals surface area contributed by atoms with E-state index in [1.54, 1.807) is 13.2 Å². The Bertz CT molecular complexity index is 929. The Labute approximate surface area is 162 Å². The SMILES string of the molecule is COC(=O)CC1=C(C)/C(=C/c2ccc([S+](C)OC)cc2)c2cc(F)ccc21. The van der Waals surface area contributed by atoms with Crippen LogP contribution in [0, 0.1) is 5.82 Å². The molecule has 0 amide bonds. The van der Waals surface area contributed by atoms with E-state index in [9.17, 15) is 9.18 Å². The highest BCUT2D eigenvalue weighted by molar-refractivity contribution is 7.91. The molecule has 27 heavy (non-hydrogen) atoms. The molecule has 3 rings (SSSR count). The molecular weight excluding hydrogens is 363 g/mol. The zero-order valence-electron chi connectivity index (χ0n) is 15.8. The van der Waals surface area contributed by atoms with Crippen LogP contribution < -0.4 is 0 Å². The van der Waals surface area contributed by atoms with Crippen LogP contribution in [0.25, 0.3) is 17.2 Å². The van der Waals surface area contributed by atoms with Gasteiger partial charge in [-0.15, -0.1) is 0 Å². The lowest BCUT2D eigenvalue weighted by Crippen LogP contribution is -2.01. The van der Waals surface area contributed by atoms with E-state index >= 15 is 0 Å². The third kappa shape index (κ3) is 3.99. The summed E-state index contributed by atoms with van der Waals surface area (Å²) in [6.07, 6.45) is 4.22. The quantitative estimate of drug-likeness (QED) is 0.543. The Morgan fingerprint density at radius 2 is 1.81 bits per heavy atom. The fourth-order valence-corrected chi connectivity index (χ4v) is 3.93. The number of halogens is 1. The van der Waals surface area contributed by atoms with E-state index in [0.717, 1.165) is 38.3 Å². The third-order valence-electron chi connectivity index (χ3n) is 4.78. The Hall–Kier alpha value is -2.37. The second kappa shape index (κ2) is 8.11. The number of esters is 1. The number of rotatable bonds is 5. The summed E-state index contributed by atoms with van der Waals surface area (Å²) in [7, 11) is 3.07. The van der Waals surface area contributed by atoms with Crippen LogP contribution in [0.1, 0.15) is 30.0 Å². The van der Waals surface area contributed by atoms with E-state index in [1.165, 1.54) is 19.2 Å². The van der Waals surface area contributed by atoms with E-state index in [2.05, 4.69) is 0 Å². The van der Waals surface area contributed by atoms with Crippen molar-refractivity contribution in [3.8, 4) is 0 Å². The van der Waals surface area contributed by atoms with Crippen LogP contribution in [0.2, 0.25) is 0 Å². The van der Waals surface area contributed by atoms with Crippen molar-refractivity contribution in [3.63, 3.8) is 0 Å². The average Bonchev–Trinajstić information content (AvgIpc) is 2.92. The van der Waals surface area contributed by atoms with E-state index in [0.29, 0.717) is 0 Å². The van der Waals surface area contributed by atoms with Gasteiger partial charge in [-0.2, -0.15) is 4.18 Å². The molecule has 1 aliphatic carbocycles. The number of carbonyl (C=O) groups excluding carboxylic acids is 1. The van der Waals surface area contributed by atoms with Crippen LogP contribution >= 0.6 is 0 Å². The van der Waals surface area contributed by atoms with Crippen LogP contribution in [0.5, 0.6) is 0 Å².